The first kappa shape index (κ1) is 13.2. The predicted molar refractivity (Wildman–Crippen MR) is 81.9 cm³/mol. The van der Waals surface area contributed by atoms with Gasteiger partial charge in [0.2, 0.25) is 0 Å². The van der Waals surface area contributed by atoms with Crippen LogP contribution >= 0.6 is 0 Å². The van der Waals surface area contributed by atoms with Crippen LogP contribution in [0.25, 0.3) is 23.3 Å². The van der Waals surface area contributed by atoms with Crippen LogP contribution in [0.15, 0.2) is 47.1 Å². The SMILES string of the molecule is CCOC(=O)c1cc2occ(C=Cc3ccccc3)c2[nH]1. The lowest BCUT2D eigenvalue weighted by atomic mass is 10.2. The topological polar surface area (TPSA) is 55.2 Å². The van der Waals surface area contributed by atoms with Crippen LogP contribution in [-0.2, 0) is 4.74 Å². The van der Waals surface area contributed by atoms with Crippen molar-refractivity contribution in [1.29, 1.82) is 0 Å². The van der Waals surface area contributed by atoms with E-state index >= 15 is 0 Å². The summed E-state index contributed by atoms with van der Waals surface area (Å²) in [5.41, 5.74) is 3.84. The molecule has 0 amide bonds. The van der Waals surface area contributed by atoms with Gasteiger partial charge in [-0.15, -0.1) is 0 Å². The van der Waals surface area contributed by atoms with Crippen LogP contribution in [0.2, 0.25) is 0 Å². The van der Waals surface area contributed by atoms with Crippen molar-refractivity contribution in [2.75, 3.05) is 6.61 Å². The van der Waals surface area contributed by atoms with Gasteiger partial charge in [-0.05, 0) is 18.6 Å². The van der Waals surface area contributed by atoms with E-state index in [1.807, 2.05) is 42.5 Å². The van der Waals surface area contributed by atoms with Gasteiger partial charge < -0.3 is 14.1 Å². The minimum Gasteiger partial charge on any atom is -0.462 e. The smallest absolute Gasteiger partial charge is 0.354 e. The number of hydrogen-bond acceptors (Lipinski definition) is 3. The van der Waals surface area contributed by atoms with E-state index in [4.69, 9.17) is 9.15 Å². The zero-order valence-electron chi connectivity index (χ0n) is 11.6. The van der Waals surface area contributed by atoms with Gasteiger partial charge in [-0.25, -0.2) is 4.79 Å². The van der Waals surface area contributed by atoms with Gasteiger partial charge in [0, 0.05) is 11.6 Å². The molecule has 1 aromatic carbocycles. The largest absolute Gasteiger partial charge is 0.462 e. The van der Waals surface area contributed by atoms with E-state index in [0.717, 1.165) is 16.6 Å². The monoisotopic (exact) mass is 281 g/mol. The second-order valence-corrected chi connectivity index (χ2v) is 4.58. The van der Waals surface area contributed by atoms with Crippen LogP contribution < -0.4 is 0 Å². The molecule has 0 aliphatic rings. The molecule has 106 valence electrons. The molecule has 2 aromatic heterocycles. The summed E-state index contributed by atoms with van der Waals surface area (Å²) < 4.78 is 10.4. The van der Waals surface area contributed by atoms with Crippen LogP contribution in [0.3, 0.4) is 0 Å². The molecule has 0 aliphatic carbocycles. The number of esters is 1. The number of ether oxygens (including phenoxy) is 1. The second kappa shape index (κ2) is 5.71. The molecule has 4 heteroatoms. The summed E-state index contributed by atoms with van der Waals surface area (Å²) in [5, 5.41) is 0. The molecule has 4 nitrogen and oxygen atoms in total. The van der Waals surface area contributed by atoms with Crippen LogP contribution in [0.4, 0.5) is 0 Å². The number of rotatable bonds is 4. The molecular formula is C17H15NO3. The fourth-order valence-electron chi connectivity index (χ4n) is 2.12. The number of H-pyrrole nitrogens is 1. The lowest BCUT2D eigenvalue weighted by molar-refractivity contribution is 0.0520. The number of aromatic nitrogens is 1. The highest BCUT2D eigenvalue weighted by molar-refractivity contribution is 5.96. The molecule has 0 spiro atoms. The number of furan rings is 1. The molecule has 0 unspecified atom stereocenters. The summed E-state index contributed by atoms with van der Waals surface area (Å²) in [6, 6.07) is 11.6. The molecule has 0 saturated carbocycles. The van der Waals surface area contributed by atoms with E-state index in [9.17, 15) is 4.79 Å². The molecule has 1 N–H and O–H groups in total. The number of nitrogens with one attached hydrogen (secondary N) is 1. The number of fused-ring (bicyclic) bond motifs is 1. The fourth-order valence-corrected chi connectivity index (χ4v) is 2.12. The van der Waals surface area contributed by atoms with E-state index in [1.54, 1.807) is 19.3 Å². The zero-order valence-corrected chi connectivity index (χ0v) is 11.6. The molecule has 0 atom stereocenters. The van der Waals surface area contributed by atoms with Crippen LogP contribution in [0.1, 0.15) is 28.5 Å². The maximum absolute atomic E-state index is 11.7. The summed E-state index contributed by atoms with van der Waals surface area (Å²) in [5.74, 6) is -0.373. The molecule has 21 heavy (non-hydrogen) atoms. The summed E-state index contributed by atoms with van der Waals surface area (Å²) in [4.78, 5) is 14.7. The Balaban J connectivity index is 1.89. The van der Waals surface area contributed by atoms with Crippen LogP contribution in [-0.4, -0.2) is 17.6 Å². The maximum Gasteiger partial charge on any atom is 0.354 e. The number of aromatic amines is 1. The standard InChI is InChI=1S/C17H15NO3/c1-2-20-17(19)14-10-15-16(18-14)13(11-21-15)9-8-12-6-4-3-5-7-12/h3-11,18H,2H2,1H3. The normalized spacial score (nSPS) is 11.3. The first-order valence-corrected chi connectivity index (χ1v) is 6.78. The average molecular weight is 281 g/mol. The Kier molecular flexibility index (Phi) is 3.60. The number of benzene rings is 1. The third-order valence-electron chi connectivity index (χ3n) is 3.13. The Labute approximate surface area is 122 Å². The summed E-state index contributed by atoms with van der Waals surface area (Å²) >= 11 is 0. The van der Waals surface area contributed by atoms with Gasteiger partial charge in [0.1, 0.15) is 12.0 Å². The van der Waals surface area contributed by atoms with E-state index in [-0.39, 0.29) is 5.97 Å². The third kappa shape index (κ3) is 2.74. The molecule has 0 aliphatic heterocycles. The highest BCUT2D eigenvalue weighted by Crippen LogP contribution is 2.24. The van der Waals surface area contributed by atoms with Gasteiger partial charge in [0.25, 0.3) is 0 Å². The van der Waals surface area contributed by atoms with Gasteiger partial charge in [-0.3, -0.25) is 0 Å². The second-order valence-electron chi connectivity index (χ2n) is 4.58. The Bertz CT molecular complexity index is 781. The van der Waals surface area contributed by atoms with Crippen molar-refractivity contribution in [3.05, 3.63) is 59.5 Å². The van der Waals surface area contributed by atoms with Crippen molar-refractivity contribution in [3.8, 4) is 0 Å². The highest BCUT2D eigenvalue weighted by atomic mass is 16.5. The minimum atomic E-state index is -0.373. The molecule has 0 saturated heterocycles. The van der Waals surface area contributed by atoms with E-state index in [2.05, 4.69) is 4.98 Å². The highest BCUT2D eigenvalue weighted by Gasteiger charge is 2.14. The molecule has 0 bridgehead atoms. The van der Waals surface area contributed by atoms with Gasteiger partial charge in [-0.2, -0.15) is 0 Å². The third-order valence-corrected chi connectivity index (χ3v) is 3.13. The lowest BCUT2D eigenvalue weighted by Crippen LogP contribution is -2.04. The molecule has 3 aromatic rings. The van der Waals surface area contributed by atoms with Crippen LogP contribution in [0, 0.1) is 0 Å². The first-order chi connectivity index (χ1) is 10.3. The predicted octanol–water partition coefficient (Wildman–Crippen LogP) is 4.11. The van der Waals surface area contributed by atoms with Gasteiger partial charge in [0.15, 0.2) is 5.58 Å². The first-order valence-electron chi connectivity index (χ1n) is 6.78. The summed E-state index contributed by atoms with van der Waals surface area (Å²) in [7, 11) is 0. The Morgan fingerprint density at radius 3 is 2.86 bits per heavy atom. The molecule has 3 rings (SSSR count). The number of carbonyl (C=O) groups excluding carboxylic acids is 1. The Hall–Kier alpha value is -2.75. The summed E-state index contributed by atoms with van der Waals surface area (Å²) in [6.45, 7) is 2.12. The Morgan fingerprint density at radius 2 is 2.10 bits per heavy atom. The Morgan fingerprint density at radius 1 is 1.29 bits per heavy atom. The van der Waals surface area contributed by atoms with Crippen molar-refractivity contribution in [3.63, 3.8) is 0 Å². The zero-order chi connectivity index (χ0) is 14.7. The van der Waals surface area contributed by atoms with Crippen molar-refractivity contribution < 1.29 is 13.9 Å². The van der Waals surface area contributed by atoms with Gasteiger partial charge in [-0.1, -0.05) is 36.4 Å². The quantitative estimate of drug-likeness (QED) is 0.732. The molecule has 2 heterocycles. The maximum atomic E-state index is 11.7. The lowest BCUT2D eigenvalue weighted by Gasteiger charge is -1.97. The average Bonchev–Trinajstić information content (AvgIpc) is 3.07. The van der Waals surface area contributed by atoms with E-state index in [1.165, 1.54) is 0 Å². The number of carbonyl (C=O) groups is 1. The molecule has 0 fully saturated rings. The van der Waals surface area contributed by atoms with Gasteiger partial charge >= 0.3 is 5.97 Å². The van der Waals surface area contributed by atoms with Crippen molar-refractivity contribution in [2.45, 2.75) is 6.92 Å². The van der Waals surface area contributed by atoms with E-state index in [0.29, 0.717) is 17.9 Å². The summed E-state index contributed by atoms with van der Waals surface area (Å²) in [6.07, 6.45) is 5.61. The van der Waals surface area contributed by atoms with Crippen molar-refractivity contribution in [1.82, 2.24) is 4.98 Å². The minimum absolute atomic E-state index is 0.347. The number of hydrogen-bond donors (Lipinski definition) is 1. The van der Waals surface area contributed by atoms with Crippen molar-refractivity contribution in [2.24, 2.45) is 0 Å². The van der Waals surface area contributed by atoms with Gasteiger partial charge in [0.05, 0.1) is 12.1 Å². The molecule has 0 radical (unpaired) electrons. The van der Waals surface area contributed by atoms with E-state index < -0.39 is 0 Å². The molecular weight excluding hydrogens is 266 g/mol. The van der Waals surface area contributed by atoms with Crippen LogP contribution in [0.5, 0.6) is 0 Å². The fraction of sp³-hybridized carbons (Fsp3) is 0.118. The van der Waals surface area contributed by atoms with Crippen molar-refractivity contribution >= 4 is 29.2 Å².